The van der Waals surface area contributed by atoms with Crippen molar-refractivity contribution in [2.75, 3.05) is 0 Å². The molecule has 0 fully saturated rings. The first-order chi connectivity index (χ1) is 10.6. The van der Waals surface area contributed by atoms with Gasteiger partial charge in [-0.15, -0.1) is 0 Å². The summed E-state index contributed by atoms with van der Waals surface area (Å²) in [6, 6.07) is 24.2. The molecule has 0 aromatic heterocycles. The summed E-state index contributed by atoms with van der Waals surface area (Å²) in [6.45, 7) is 4.19. The lowest BCUT2D eigenvalue weighted by atomic mass is 10.2. The summed E-state index contributed by atoms with van der Waals surface area (Å²) in [5.74, 6) is -0.188. The second-order valence-electron chi connectivity index (χ2n) is 5.48. The molecule has 0 aliphatic carbocycles. The molecule has 0 aliphatic heterocycles. The quantitative estimate of drug-likeness (QED) is 0.636. The fourth-order valence-electron chi connectivity index (χ4n) is 2.43. The van der Waals surface area contributed by atoms with Crippen LogP contribution in [0.15, 0.2) is 72.8 Å². The van der Waals surface area contributed by atoms with Crippen LogP contribution in [0.2, 0.25) is 0 Å². The molecule has 0 saturated carbocycles. The second kappa shape index (κ2) is 6.42. The zero-order valence-corrected chi connectivity index (χ0v) is 13.6. The first-order valence-electron chi connectivity index (χ1n) is 7.32. The minimum absolute atomic E-state index is 0.188. The van der Waals surface area contributed by atoms with Crippen molar-refractivity contribution in [1.29, 1.82) is 0 Å². The normalized spacial score (nSPS) is 10.9. The van der Waals surface area contributed by atoms with Crippen molar-refractivity contribution in [3.63, 3.8) is 0 Å². The summed E-state index contributed by atoms with van der Waals surface area (Å²) in [5, 5.41) is 3.75. The van der Waals surface area contributed by atoms with Gasteiger partial charge in [-0.2, -0.15) is 0 Å². The topological polar surface area (TPSA) is 0 Å². The van der Waals surface area contributed by atoms with Crippen LogP contribution < -0.4 is 15.9 Å². The lowest BCUT2D eigenvalue weighted by Crippen LogP contribution is -2.20. The molecule has 0 nitrogen and oxygen atoms in total. The number of hydrogen-bond donors (Lipinski definition) is 0. The Morgan fingerprint density at radius 3 is 1.23 bits per heavy atom. The number of benzene rings is 3. The van der Waals surface area contributed by atoms with Crippen LogP contribution in [0.25, 0.3) is 0 Å². The highest BCUT2D eigenvalue weighted by molar-refractivity contribution is 7.79. The monoisotopic (exact) mass is 308 g/mol. The Bertz CT molecular complexity index is 635. The van der Waals surface area contributed by atoms with E-state index in [9.17, 15) is 4.39 Å². The van der Waals surface area contributed by atoms with Crippen molar-refractivity contribution in [2.24, 2.45) is 0 Å². The minimum Gasteiger partial charge on any atom is -0.207 e. The molecule has 0 aliphatic rings. The zero-order chi connectivity index (χ0) is 15.5. The van der Waals surface area contributed by atoms with E-state index in [0.29, 0.717) is 0 Å². The largest absolute Gasteiger partial charge is 0.207 e. The molecule has 0 heterocycles. The summed E-state index contributed by atoms with van der Waals surface area (Å²) in [7, 11) is -0.650. The van der Waals surface area contributed by atoms with Crippen LogP contribution in [0, 0.1) is 19.7 Å². The van der Waals surface area contributed by atoms with Crippen LogP contribution in [0.4, 0.5) is 4.39 Å². The van der Waals surface area contributed by atoms with Crippen molar-refractivity contribution in [3.05, 3.63) is 89.7 Å². The molecule has 0 N–H and O–H groups in total. The highest BCUT2D eigenvalue weighted by Crippen LogP contribution is 2.32. The predicted octanol–water partition coefficient (Wildman–Crippen LogP) is 4.20. The molecule has 0 amide bonds. The fraction of sp³-hybridized carbons (Fsp3) is 0.100. The Kier molecular flexibility index (Phi) is 4.36. The average Bonchev–Trinajstić information content (AvgIpc) is 2.53. The van der Waals surface area contributed by atoms with Gasteiger partial charge in [-0.05, 0) is 49.8 Å². The van der Waals surface area contributed by atoms with Gasteiger partial charge in [-0.1, -0.05) is 71.8 Å². The van der Waals surface area contributed by atoms with Gasteiger partial charge in [-0.3, -0.25) is 0 Å². The van der Waals surface area contributed by atoms with Crippen molar-refractivity contribution in [2.45, 2.75) is 13.8 Å². The van der Waals surface area contributed by atoms with E-state index in [1.165, 1.54) is 27.0 Å². The minimum atomic E-state index is -0.650. The summed E-state index contributed by atoms with van der Waals surface area (Å²) in [6.07, 6.45) is 0. The third kappa shape index (κ3) is 3.26. The predicted molar refractivity (Wildman–Crippen MR) is 94.6 cm³/mol. The molecular formula is C20H18FP. The van der Waals surface area contributed by atoms with Gasteiger partial charge in [-0.25, -0.2) is 4.39 Å². The van der Waals surface area contributed by atoms with E-state index in [0.717, 1.165) is 0 Å². The highest BCUT2D eigenvalue weighted by atomic mass is 31.1. The van der Waals surface area contributed by atoms with Gasteiger partial charge in [0.1, 0.15) is 5.82 Å². The molecule has 22 heavy (non-hydrogen) atoms. The summed E-state index contributed by atoms with van der Waals surface area (Å²) < 4.78 is 13.3. The fourth-order valence-corrected chi connectivity index (χ4v) is 4.66. The standard InChI is InChI=1S/C20H18FP/c1-15-3-9-18(10-4-15)22(19-11-5-16(2)6-12-19)20-13-7-17(21)8-14-20/h3-14H,1-2H3. The summed E-state index contributed by atoms with van der Waals surface area (Å²) in [5.41, 5.74) is 2.50. The molecule has 3 aromatic rings. The molecule has 3 rings (SSSR count). The lowest BCUT2D eigenvalue weighted by Gasteiger charge is -2.19. The van der Waals surface area contributed by atoms with Gasteiger partial charge < -0.3 is 0 Å². The Morgan fingerprint density at radius 1 is 0.545 bits per heavy atom. The molecule has 0 atom stereocenters. The van der Waals surface area contributed by atoms with Crippen molar-refractivity contribution in [3.8, 4) is 0 Å². The van der Waals surface area contributed by atoms with Gasteiger partial charge >= 0.3 is 0 Å². The molecule has 0 unspecified atom stereocenters. The Labute approximate surface area is 132 Å². The van der Waals surface area contributed by atoms with E-state index in [-0.39, 0.29) is 5.82 Å². The smallest absolute Gasteiger partial charge is 0.123 e. The first-order valence-corrected chi connectivity index (χ1v) is 8.67. The second-order valence-corrected chi connectivity index (χ2v) is 7.70. The lowest BCUT2D eigenvalue weighted by molar-refractivity contribution is 0.628. The van der Waals surface area contributed by atoms with Crippen LogP contribution in [-0.4, -0.2) is 0 Å². The Morgan fingerprint density at radius 2 is 0.864 bits per heavy atom. The van der Waals surface area contributed by atoms with Crippen LogP contribution in [-0.2, 0) is 0 Å². The van der Waals surface area contributed by atoms with Crippen molar-refractivity contribution in [1.82, 2.24) is 0 Å². The van der Waals surface area contributed by atoms with E-state index in [4.69, 9.17) is 0 Å². The third-order valence-corrected chi connectivity index (χ3v) is 6.11. The number of aryl methyl sites for hydroxylation is 2. The molecule has 0 radical (unpaired) electrons. The number of halogens is 1. The Hall–Kier alpha value is -1.98. The molecular weight excluding hydrogens is 290 g/mol. The molecule has 110 valence electrons. The van der Waals surface area contributed by atoms with E-state index >= 15 is 0 Å². The van der Waals surface area contributed by atoms with Gasteiger partial charge in [0, 0.05) is 0 Å². The highest BCUT2D eigenvalue weighted by Gasteiger charge is 2.16. The summed E-state index contributed by atoms with van der Waals surface area (Å²) in [4.78, 5) is 0. The van der Waals surface area contributed by atoms with Crippen LogP contribution in [0.1, 0.15) is 11.1 Å². The van der Waals surface area contributed by atoms with Gasteiger partial charge in [0.2, 0.25) is 0 Å². The maximum absolute atomic E-state index is 13.3. The zero-order valence-electron chi connectivity index (χ0n) is 12.8. The first kappa shape index (κ1) is 14.9. The summed E-state index contributed by atoms with van der Waals surface area (Å²) >= 11 is 0. The van der Waals surface area contributed by atoms with Gasteiger partial charge in [0.15, 0.2) is 0 Å². The molecule has 3 aromatic carbocycles. The maximum Gasteiger partial charge on any atom is 0.123 e. The van der Waals surface area contributed by atoms with Gasteiger partial charge in [0.25, 0.3) is 0 Å². The van der Waals surface area contributed by atoms with E-state index < -0.39 is 7.92 Å². The van der Waals surface area contributed by atoms with Gasteiger partial charge in [0.05, 0.1) is 0 Å². The van der Waals surface area contributed by atoms with E-state index in [1.807, 2.05) is 12.1 Å². The average molecular weight is 308 g/mol. The SMILES string of the molecule is Cc1ccc(P(c2ccc(C)cc2)c2ccc(F)cc2)cc1. The molecule has 2 heteroatoms. The van der Waals surface area contributed by atoms with Crippen LogP contribution in [0.5, 0.6) is 0 Å². The van der Waals surface area contributed by atoms with Crippen LogP contribution in [0.3, 0.4) is 0 Å². The van der Waals surface area contributed by atoms with Crippen molar-refractivity contribution >= 4 is 23.8 Å². The van der Waals surface area contributed by atoms with Crippen molar-refractivity contribution < 1.29 is 4.39 Å². The number of hydrogen-bond acceptors (Lipinski definition) is 0. The van der Waals surface area contributed by atoms with E-state index in [1.54, 1.807) is 12.1 Å². The molecule has 0 saturated heterocycles. The maximum atomic E-state index is 13.3. The third-order valence-electron chi connectivity index (χ3n) is 3.67. The van der Waals surface area contributed by atoms with E-state index in [2.05, 4.69) is 62.4 Å². The number of rotatable bonds is 3. The Balaban J connectivity index is 2.10. The molecule has 0 spiro atoms. The molecule has 0 bridgehead atoms. The van der Waals surface area contributed by atoms with Crippen LogP contribution >= 0.6 is 7.92 Å².